The van der Waals surface area contributed by atoms with Crippen molar-refractivity contribution in [2.45, 2.75) is 30.6 Å². The van der Waals surface area contributed by atoms with E-state index in [0.717, 1.165) is 28.4 Å². The fourth-order valence-electron chi connectivity index (χ4n) is 2.28. The average Bonchev–Trinajstić information content (AvgIpc) is 3.00. The summed E-state index contributed by atoms with van der Waals surface area (Å²) in [5.41, 5.74) is 0.218. The molecule has 0 aliphatic rings. The Balaban J connectivity index is 2.28. The van der Waals surface area contributed by atoms with Gasteiger partial charge in [0.25, 0.3) is 0 Å². The van der Waals surface area contributed by atoms with Crippen LogP contribution in [0.2, 0.25) is 0 Å². The summed E-state index contributed by atoms with van der Waals surface area (Å²) in [6, 6.07) is 3.95. The summed E-state index contributed by atoms with van der Waals surface area (Å²) < 4.78 is 39.5. The molecule has 26 heavy (non-hydrogen) atoms. The van der Waals surface area contributed by atoms with Crippen molar-refractivity contribution in [3.63, 3.8) is 0 Å². The number of nitrogens with one attached hydrogen (secondary N) is 1. The number of nitrogens with zero attached hydrogens (tertiary/aromatic N) is 3. The van der Waals surface area contributed by atoms with E-state index in [-0.39, 0.29) is 12.1 Å². The second-order valence-electron chi connectivity index (χ2n) is 5.25. The van der Waals surface area contributed by atoms with Crippen LogP contribution < -0.4 is 9.62 Å². The molecule has 2 aromatic rings. The Hall–Kier alpha value is -1.72. The predicted octanol–water partition coefficient (Wildman–Crippen LogP) is 2.97. The van der Waals surface area contributed by atoms with E-state index in [4.69, 9.17) is 0 Å². The van der Waals surface area contributed by atoms with Crippen LogP contribution in [-0.2, 0) is 14.8 Å². The molecule has 142 valence electrons. The lowest BCUT2D eigenvalue weighted by atomic mass is 10.2. The third kappa shape index (κ3) is 5.15. The Kier molecular flexibility index (Phi) is 6.95. The summed E-state index contributed by atoms with van der Waals surface area (Å²) in [5, 5.41) is 10.8. The van der Waals surface area contributed by atoms with Gasteiger partial charge in [0, 0.05) is 0 Å². The van der Waals surface area contributed by atoms with Crippen molar-refractivity contribution in [2.75, 3.05) is 21.6 Å². The Bertz CT molecular complexity index is 855. The smallest absolute Gasteiger partial charge is 0.250 e. The van der Waals surface area contributed by atoms with Crippen molar-refractivity contribution in [3.05, 3.63) is 30.1 Å². The molecule has 2 rings (SSSR count). The Morgan fingerprint density at radius 3 is 2.50 bits per heavy atom. The number of aromatic nitrogens is 2. The van der Waals surface area contributed by atoms with Crippen LogP contribution in [0.25, 0.3) is 0 Å². The maximum Gasteiger partial charge on any atom is 0.250 e. The van der Waals surface area contributed by atoms with Crippen LogP contribution in [0.1, 0.15) is 20.3 Å². The molecule has 0 saturated carbocycles. The number of sulfonamides is 1. The highest BCUT2D eigenvalue weighted by Gasteiger charge is 2.32. The van der Waals surface area contributed by atoms with Crippen molar-refractivity contribution < 1.29 is 17.6 Å². The largest absolute Gasteiger partial charge is 0.299 e. The minimum atomic E-state index is -3.77. The van der Waals surface area contributed by atoms with Gasteiger partial charge in [-0.2, -0.15) is 0 Å². The van der Waals surface area contributed by atoms with Crippen LogP contribution in [0.5, 0.6) is 0 Å². The van der Waals surface area contributed by atoms with Gasteiger partial charge in [-0.15, -0.1) is 10.2 Å². The molecule has 0 radical (unpaired) electrons. The fraction of sp³-hybridized carbons (Fsp3) is 0.400. The van der Waals surface area contributed by atoms with E-state index in [1.165, 1.54) is 35.2 Å². The number of thioether (sulfide) groups is 1. The van der Waals surface area contributed by atoms with Gasteiger partial charge < -0.3 is 0 Å². The lowest BCUT2D eigenvalue weighted by Crippen LogP contribution is -2.47. The van der Waals surface area contributed by atoms with Crippen LogP contribution in [0.15, 0.2) is 28.6 Å². The lowest BCUT2D eigenvalue weighted by Gasteiger charge is -2.29. The van der Waals surface area contributed by atoms with Gasteiger partial charge in [0.1, 0.15) is 11.9 Å². The number of benzene rings is 1. The minimum absolute atomic E-state index is 0.218. The molecule has 1 aromatic heterocycles. The number of rotatable bonds is 8. The highest BCUT2D eigenvalue weighted by molar-refractivity contribution is 8.01. The second-order valence-corrected chi connectivity index (χ2v) is 9.60. The maximum absolute atomic E-state index is 13.2. The van der Waals surface area contributed by atoms with Gasteiger partial charge in [-0.1, -0.05) is 36.9 Å². The number of carbonyl (C=O) groups excluding carboxylic acids is 1. The molecule has 0 aliphatic carbocycles. The standard InChI is InChI=1S/C15H19FN4O3S3/c1-4-12(13(21)17-14-18-19-15(25-14)24-5-2)20(26(3,22)23)11-8-6-10(16)7-9-11/h6-9,12H,4-5H2,1-3H3,(H,17,18,21). The van der Waals surface area contributed by atoms with E-state index in [1.54, 1.807) is 6.92 Å². The third-order valence-electron chi connectivity index (χ3n) is 3.32. The van der Waals surface area contributed by atoms with Crippen LogP contribution in [0.4, 0.5) is 15.2 Å². The van der Waals surface area contributed by atoms with Crippen LogP contribution in [0.3, 0.4) is 0 Å². The quantitative estimate of drug-likeness (QED) is 0.523. The van der Waals surface area contributed by atoms with Crippen LogP contribution >= 0.6 is 23.1 Å². The van der Waals surface area contributed by atoms with E-state index >= 15 is 0 Å². The van der Waals surface area contributed by atoms with E-state index < -0.39 is 27.8 Å². The molecule has 0 aliphatic heterocycles. The van der Waals surface area contributed by atoms with E-state index in [9.17, 15) is 17.6 Å². The molecule has 1 unspecified atom stereocenters. The van der Waals surface area contributed by atoms with Gasteiger partial charge >= 0.3 is 0 Å². The summed E-state index contributed by atoms with van der Waals surface area (Å²) in [6.07, 6.45) is 1.24. The highest BCUT2D eigenvalue weighted by atomic mass is 32.2. The Morgan fingerprint density at radius 1 is 1.31 bits per heavy atom. The van der Waals surface area contributed by atoms with Crippen molar-refractivity contribution in [2.24, 2.45) is 0 Å². The number of anilines is 2. The van der Waals surface area contributed by atoms with Gasteiger partial charge in [0.05, 0.1) is 11.9 Å². The van der Waals surface area contributed by atoms with Gasteiger partial charge in [0.15, 0.2) is 4.34 Å². The third-order valence-corrected chi connectivity index (χ3v) is 6.35. The summed E-state index contributed by atoms with van der Waals surface area (Å²) in [4.78, 5) is 12.7. The summed E-state index contributed by atoms with van der Waals surface area (Å²) in [6.45, 7) is 3.68. The minimum Gasteiger partial charge on any atom is -0.299 e. The molecule has 7 nitrogen and oxygen atoms in total. The molecule has 0 bridgehead atoms. The van der Waals surface area contributed by atoms with Gasteiger partial charge in [0.2, 0.25) is 21.1 Å². The van der Waals surface area contributed by atoms with Crippen molar-refractivity contribution in [1.29, 1.82) is 0 Å². The van der Waals surface area contributed by atoms with E-state index in [0.29, 0.717) is 9.47 Å². The number of amides is 1. The average molecular weight is 419 g/mol. The topological polar surface area (TPSA) is 92.3 Å². The number of hydrogen-bond donors (Lipinski definition) is 1. The molecule has 1 aromatic carbocycles. The molecule has 1 atom stereocenters. The molecular weight excluding hydrogens is 399 g/mol. The first-order chi connectivity index (χ1) is 12.3. The Morgan fingerprint density at radius 2 is 1.96 bits per heavy atom. The zero-order chi connectivity index (χ0) is 19.3. The van der Waals surface area contributed by atoms with Gasteiger partial charge in [-0.3, -0.25) is 14.4 Å². The Labute approximate surface area is 160 Å². The number of halogens is 1. The molecular formula is C15H19FN4O3S3. The SMILES string of the molecule is CCSc1nnc(NC(=O)C(CC)N(c2ccc(F)cc2)S(C)(=O)=O)s1. The zero-order valence-corrected chi connectivity index (χ0v) is 16.9. The molecule has 0 spiro atoms. The van der Waals surface area contributed by atoms with Crippen LogP contribution in [-0.4, -0.2) is 42.6 Å². The molecule has 0 fully saturated rings. The molecule has 0 saturated heterocycles. The first-order valence-electron chi connectivity index (χ1n) is 7.78. The summed E-state index contributed by atoms with van der Waals surface area (Å²) in [7, 11) is -3.77. The number of hydrogen-bond acceptors (Lipinski definition) is 7. The second kappa shape index (κ2) is 8.78. The summed E-state index contributed by atoms with van der Waals surface area (Å²) in [5.74, 6) is -0.187. The zero-order valence-electron chi connectivity index (χ0n) is 14.5. The monoisotopic (exact) mass is 418 g/mol. The predicted molar refractivity (Wildman–Crippen MR) is 103 cm³/mol. The van der Waals surface area contributed by atoms with E-state index in [1.807, 2.05) is 6.92 Å². The van der Waals surface area contributed by atoms with Gasteiger partial charge in [-0.25, -0.2) is 12.8 Å². The molecule has 1 amide bonds. The lowest BCUT2D eigenvalue weighted by molar-refractivity contribution is -0.117. The van der Waals surface area contributed by atoms with Crippen molar-refractivity contribution in [1.82, 2.24) is 10.2 Å². The van der Waals surface area contributed by atoms with Crippen molar-refractivity contribution in [3.8, 4) is 0 Å². The molecule has 1 heterocycles. The maximum atomic E-state index is 13.2. The normalized spacial score (nSPS) is 12.6. The fourth-order valence-corrected chi connectivity index (χ4v) is 5.14. The first kappa shape index (κ1) is 20.6. The highest BCUT2D eigenvalue weighted by Crippen LogP contribution is 2.27. The summed E-state index contributed by atoms with van der Waals surface area (Å²) >= 11 is 2.72. The van der Waals surface area contributed by atoms with E-state index in [2.05, 4.69) is 15.5 Å². The molecule has 11 heteroatoms. The van der Waals surface area contributed by atoms with Crippen molar-refractivity contribution >= 4 is 49.8 Å². The molecule has 1 N–H and O–H groups in total. The first-order valence-corrected chi connectivity index (χ1v) is 11.4. The van der Waals surface area contributed by atoms with Crippen LogP contribution in [0, 0.1) is 5.82 Å². The van der Waals surface area contributed by atoms with Gasteiger partial charge in [-0.05, 0) is 36.4 Å². The number of carbonyl (C=O) groups is 1.